The Balaban J connectivity index is 0.00000112. The molecule has 1 unspecified atom stereocenters. The van der Waals surface area contributed by atoms with Crippen LogP contribution < -0.4 is 10.1 Å². The molecule has 1 saturated heterocycles. The Labute approximate surface area is 99.8 Å². The highest BCUT2D eigenvalue weighted by Crippen LogP contribution is 2.09. The average Bonchev–Trinajstić information content (AvgIpc) is 2.70. The van der Waals surface area contributed by atoms with Gasteiger partial charge in [0.1, 0.15) is 6.61 Å². The molecule has 1 fully saturated rings. The van der Waals surface area contributed by atoms with E-state index in [2.05, 4.69) is 15.3 Å². The van der Waals surface area contributed by atoms with Crippen LogP contribution in [0.3, 0.4) is 0 Å². The number of hydrogen-bond acceptors (Lipinski definition) is 4. The van der Waals surface area contributed by atoms with Gasteiger partial charge in [0.25, 0.3) is 0 Å². The second kappa shape index (κ2) is 6.10. The Bertz CT molecular complexity index is 288. The van der Waals surface area contributed by atoms with Crippen molar-refractivity contribution >= 4 is 24.0 Å². The average molecular weight is 250 g/mol. The van der Waals surface area contributed by atoms with Gasteiger partial charge in [-0.25, -0.2) is 9.97 Å². The molecular weight excluding hydrogens is 237 g/mol. The van der Waals surface area contributed by atoms with Gasteiger partial charge in [0.05, 0.1) is 17.4 Å². The van der Waals surface area contributed by atoms with Crippen LogP contribution in [0.25, 0.3) is 0 Å². The van der Waals surface area contributed by atoms with E-state index in [0.717, 1.165) is 13.0 Å². The first-order chi connectivity index (χ1) is 6.84. The topological polar surface area (TPSA) is 47.0 Å². The maximum absolute atomic E-state index is 5.65. The van der Waals surface area contributed by atoms with Crippen molar-refractivity contribution in [3.05, 3.63) is 17.4 Å². The van der Waals surface area contributed by atoms with Crippen LogP contribution >= 0.6 is 24.0 Å². The smallest absolute Gasteiger partial charge is 0.316 e. The summed E-state index contributed by atoms with van der Waals surface area (Å²) in [7, 11) is 0. The van der Waals surface area contributed by atoms with Crippen molar-refractivity contribution in [1.29, 1.82) is 0 Å². The molecule has 0 saturated carbocycles. The minimum absolute atomic E-state index is 0. The molecule has 4 nitrogen and oxygen atoms in total. The standard InChI is InChI=1S/C9H12ClN3O.ClH/c10-7-4-12-9(13-5-7)14-6-8-2-1-3-11-8;/h4-5,8,11H,1-3,6H2;1H. The summed E-state index contributed by atoms with van der Waals surface area (Å²) >= 11 is 5.65. The molecule has 0 radical (unpaired) electrons. The van der Waals surface area contributed by atoms with E-state index in [9.17, 15) is 0 Å². The van der Waals surface area contributed by atoms with Crippen LogP contribution in [0.15, 0.2) is 12.4 Å². The zero-order valence-corrected chi connectivity index (χ0v) is 9.72. The van der Waals surface area contributed by atoms with Gasteiger partial charge in [-0.15, -0.1) is 12.4 Å². The highest BCUT2D eigenvalue weighted by atomic mass is 35.5. The van der Waals surface area contributed by atoms with Gasteiger partial charge in [-0.1, -0.05) is 11.6 Å². The summed E-state index contributed by atoms with van der Waals surface area (Å²) in [4.78, 5) is 7.89. The maximum Gasteiger partial charge on any atom is 0.316 e. The quantitative estimate of drug-likeness (QED) is 0.886. The van der Waals surface area contributed by atoms with Crippen molar-refractivity contribution in [3.63, 3.8) is 0 Å². The van der Waals surface area contributed by atoms with Gasteiger partial charge in [0.2, 0.25) is 0 Å². The highest BCUT2D eigenvalue weighted by molar-refractivity contribution is 6.30. The largest absolute Gasteiger partial charge is 0.462 e. The molecule has 1 N–H and O–H groups in total. The second-order valence-corrected chi connectivity index (χ2v) is 3.72. The number of nitrogens with zero attached hydrogens (tertiary/aromatic N) is 2. The molecule has 0 amide bonds. The summed E-state index contributed by atoms with van der Waals surface area (Å²) in [5.74, 6) is 0. The first-order valence-corrected chi connectivity index (χ1v) is 5.06. The third kappa shape index (κ3) is 3.81. The van der Waals surface area contributed by atoms with Crippen LogP contribution in [0, 0.1) is 0 Å². The van der Waals surface area contributed by atoms with E-state index in [-0.39, 0.29) is 12.4 Å². The molecule has 0 aliphatic carbocycles. The fourth-order valence-corrected chi connectivity index (χ4v) is 1.55. The number of halogens is 2. The highest BCUT2D eigenvalue weighted by Gasteiger charge is 2.14. The molecule has 0 aromatic carbocycles. The van der Waals surface area contributed by atoms with Crippen LogP contribution in [-0.2, 0) is 0 Å². The van der Waals surface area contributed by atoms with Crippen molar-refractivity contribution in [2.24, 2.45) is 0 Å². The number of nitrogens with one attached hydrogen (secondary N) is 1. The SMILES string of the molecule is Cl.Clc1cnc(OCC2CCCN2)nc1. The summed E-state index contributed by atoms with van der Waals surface area (Å²) in [6.45, 7) is 1.71. The molecule has 1 aromatic rings. The fraction of sp³-hybridized carbons (Fsp3) is 0.556. The first-order valence-electron chi connectivity index (χ1n) is 4.68. The Morgan fingerprint density at radius 3 is 2.80 bits per heavy atom. The maximum atomic E-state index is 5.65. The minimum atomic E-state index is 0. The van der Waals surface area contributed by atoms with Gasteiger partial charge in [0, 0.05) is 6.04 Å². The number of aromatic nitrogens is 2. The van der Waals surface area contributed by atoms with E-state index in [1.807, 2.05) is 0 Å². The third-order valence-corrected chi connectivity index (χ3v) is 2.37. The minimum Gasteiger partial charge on any atom is -0.462 e. The van der Waals surface area contributed by atoms with Gasteiger partial charge in [-0.2, -0.15) is 0 Å². The zero-order chi connectivity index (χ0) is 9.80. The lowest BCUT2D eigenvalue weighted by atomic mass is 10.2. The lowest BCUT2D eigenvalue weighted by Gasteiger charge is -2.09. The number of hydrogen-bond donors (Lipinski definition) is 1. The predicted octanol–water partition coefficient (Wildman–Crippen LogP) is 1.68. The summed E-state index contributed by atoms with van der Waals surface area (Å²) in [5.41, 5.74) is 0. The molecule has 1 aliphatic heterocycles. The van der Waals surface area contributed by atoms with E-state index in [4.69, 9.17) is 16.3 Å². The van der Waals surface area contributed by atoms with E-state index < -0.39 is 0 Å². The van der Waals surface area contributed by atoms with Crippen LogP contribution in [-0.4, -0.2) is 29.2 Å². The lowest BCUT2D eigenvalue weighted by Crippen LogP contribution is -2.28. The fourth-order valence-electron chi connectivity index (χ4n) is 1.45. The molecular formula is C9H13Cl2N3O. The predicted molar refractivity (Wildman–Crippen MR) is 60.8 cm³/mol. The van der Waals surface area contributed by atoms with Crippen LogP contribution in [0.4, 0.5) is 0 Å². The summed E-state index contributed by atoms with van der Waals surface area (Å²) < 4.78 is 5.40. The van der Waals surface area contributed by atoms with E-state index in [1.165, 1.54) is 18.8 Å². The molecule has 0 spiro atoms. The van der Waals surface area contributed by atoms with Gasteiger partial charge in [-0.3, -0.25) is 0 Å². The Morgan fingerprint density at radius 2 is 2.20 bits per heavy atom. The first kappa shape index (κ1) is 12.5. The van der Waals surface area contributed by atoms with Crippen molar-refractivity contribution in [2.45, 2.75) is 18.9 Å². The van der Waals surface area contributed by atoms with Gasteiger partial charge >= 0.3 is 6.01 Å². The van der Waals surface area contributed by atoms with E-state index >= 15 is 0 Å². The Kier molecular flexibility index (Phi) is 5.08. The Morgan fingerprint density at radius 1 is 1.47 bits per heavy atom. The van der Waals surface area contributed by atoms with Gasteiger partial charge in [0.15, 0.2) is 0 Å². The van der Waals surface area contributed by atoms with E-state index in [1.54, 1.807) is 0 Å². The zero-order valence-electron chi connectivity index (χ0n) is 8.15. The third-order valence-electron chi connectivity index (χ3n) is 2.17. The molecule has 84 valence electrons. The normalized spacial score (nSPS) is 19.7. The van der Waals surface area contributed by atoms with Crippen LogP contribution in [0.1, 0.15) is 12.8 Å². The number of rotatable bonds is 3. The van der Waals surface area contributed by atoms with Crippen molar-refractivity contribution in [1.82, 2.24) is 15.3 Å². The Hall–Kier alpha value is -0.580. The van der Waals surface area contributed by atoms with E-state index in [0.29, 0.717) is 23.7 Å². The monoisotopic (exact) mass is 249 g/mol. The molecule has 2 rings (SSSR count). The molecule has 1 aliphatic rings. The van der Waals surface area contributed by atoms with Crippen LogP contribution in [0.2, 0.25) is 5.02 Å². The number of ether oxygens (including phenoxy) is 1. The van der Waals surface area contributed by atoms with Gasteiger partial charge < -0.3 is 10.1 Å². The summed E-state index contributed by atoms with van der Waals surface area (Å²) in [5, 5.41) is 3.86. The lowest BCUT2D eigenvalue weighted by molar-refractivity contribution is 0.257. The molecule has 0 bridgehead atoms. The summed E-state index contributed by atoms with van der Waals surface area (Å²) in [6, 6.07) is 0.831. The van der Waals surface area contributed by atoms with Crippen LogP contribution in [0.5, 0.6) is 6.01 Å². The molecule has 6 heteroatoms. The summed E-state index contributed by atoms with van der Waals surface area (Å²) in [6.07, 6.45) is 5.45. The molecule has 1 atom stereocenters. The van der Waals surface area contributed by atoms with Crippen molar-refractivity contribution in [2.75, 3.05) is 13.2 Å². The second-order valence-electron chi connectivity index (χ2n) is 3.29. The molecule has 2 heterocycles. The van der Waals surface area contributed by atoms with Crippen molar-refractivity contribution < 1.29 is 4.74 Å². The molecule has 15 heavy (non-hydrogen) atoms. The van der Waals surface area contributed by atoms with Crippen molar-refractivity contribution in [3.8, 4) is 6.01 Å². The van der Waals surface area contributed by atoms with Gasteiger partial charge in [-0.05, 0) is 19.4 Å². The molecule has 1 aromatic heterocycles.